The highest BCUT2D eigenvalue weighted by Gasteiger charge is 2.12. The summed E-state index contributed by atoms with van der Waals surface area (Å²) in [5, 5.41) is 2.57. The summed E-state index contributed by atoms with van der Waals surface area (Å²) in [6.45, 7) is 1.89. The zero-order valence-corrected chi connectivity index (χ0v) is 13.2. The average molecular weight is 387 g/mol. The minimum absolute atomic E-state index is 0.144. The Bertz CT molecular complexity index is 603. The van der Waals surface area contributed by atoms with E-state index in [0.717, 1.165) is 10.0 Å². The third-order valence-corrected chi connectivity index (χ3v) is 3.62. The number of aryl methyl sites for hydroxylation is 1. The quantitative estimate of drug-likeness (QED) is 0.780. The number of hydrogen-bond donors (Lipinski definition) is 1. The number of anilines is 1. The molecule has 0 heterocycles. The van der Waals surface area contributed by atoms with Crippen molar-refractivity contribution in [1.82, 2.24) is 0 Å². The number of para-hydroxylation sites is 1. The molecule has 2 aromatic rings. The summed E-state index contributed by atoms with van der Waals surface area (Å²) in [7, 11) is 0. The SMILES string of the molecule is Cc1cc(Br)cc(C(=O)Nc2c(F)cccc2Br)c1. The van der Waals surface area contributed by atoms with Crippen LogP contribution in [-0.4, -0.2) is 5.91 Å². The molecule has 0 bridgehead atoms. The molecule has 0 aliphatic heterocycles. The molecule has 0 aromatic heterocycles. The van der Waals surface area contributed by atoms with Crippen LogP contribution in [-0.2, 0) is 0 Å². The number of carbonyl (C=O) groups is 1. The fourth-order valence-corrected chi connectivity index (χ4v) is 2.72. The molecule has 2 rings (SSSR count). The third kappa shape index (κ3) is 3.42. The molecular formula is C14H10Br2FNO. The molecule has 0 saturated heterocycles. The second-order valence-electron chi connectivity index (χ2n) is 4.07. The highest BCUT2D eigenvalue weighted by molar-refractivity contribution is 9.10. The summed E-state index contributed by atoms with van der Waals surface area (Å²) < 4.78 is 14.9. The Balaban J connectivity index is 2.31. The van der Waals surface area contributed by atoms with Gasteiger partial charge >= 0.3 is 0 Å². The van der Waals surface area contributed by atoms with Crippen molar-refractivity contribution < 1.29 is 9.18 Å². The molecule has 0 atom stereocenters. The predicted octanol–water partition coefficient (Wildman–Crippen LogP) is 4.91. The van der Waals surface area contributed by atoms with E-state index in [0.29, 0.717) is 10.0 Å². The number of carbonyl (C=O) groups excluding carboxylic acids is 1. The van der Waals surface area contributed by atoms with E-state index >= 15 is 0 Å². The van der Waals surface area contributed by atoms with Crippen LogP contribution in [0.25, 0.3) is 0 Å². The van der Waals surface area contributed by atoms with Crippen molar-refractivity contribution in [1.29, 1.82) is 0 Å². The molecule has 0 unspecified atom stereocenters. The second-order valence-corrected chi connectivity index (χ2v) is 5.84. The first kappa shape index (κ1) is 14.2. The van der Waals surface area contributed by atoms with Gasteiger partial charge in [0.1, 0.15) is 5.82 Å². The zero-order valence-electron chi connectivity index (χ0n) is 10.0. The molecule has 0 saturated carbocycles. The van der Waals surface area contributed by atoms with Crippen LogP contribution in [0.5, 0.6) is 0 Å². The Morgan fingerprint density at radius 2 is 1.95 bits per heavy atom. The molecular weight excluding hydrogens is 377 g/mol. The lowest BCUT2D eigenvalue weighted by molar-refractivity contribution is 0.102. The van der Waals surface area contributed by atoms with Crippen LogP contribution in [0, 0.1) is 12.7 Å². The lowest BCUT2D eigenvalue weighted by Crippen LogP contribution is -2.13. The Morgan fingerprint density at radius 3 is 2.58 bits per heavy atom. The maximum atomic E-state index is 13.6. The van der Waals surface area contributed by atoms with Crippen LogP contribution in [0.2, 0.25) is 0 Å². The van der Waals surface area contributed by atoms with Crippen LogP contribution >= 0.6 is 31.9 Å². The number of benzene rings is 2. The van der Waals surface area contributed by atoms with Crippen molar-refractivity contribution in [2.24, 2.45) is 0 Å². The van der Waals surface area contributed by atoms with Gasteiger partial charge in [-0.05, 0) is 58.7 Å². The van der Waals surface area contributed by atoms with E-state index in [1.807, 2.05) is 13.0 Å². The topological polar surface area (TPSA) is 29.1 Å². The minimum atomic E-state index is -0.477. The van der Waals surface area contributed by atoms with E-state index in [1.54, 1.807) is 24.3 Å². The largest absolute Gasteiger partial charge is 0.319 e. The van der Waals surface area contributed by atoms with Crippen molar-refractivity contribution in [2.45, 2.75) is 6.92 Å². The number of hydrogen-bond acceptors (Lipinski definition) is 1. The van der Waals surface area contributed by atoms with Crippen molar-refractivity contribution in [2.75, 3.05) is 5.32 Å². The number of amides is 1. The summed E-state index contributed by atoms with van der Waals surface area (Å²) in [6.07, 6.45) is 0. The summed E-state index contributed by atoms with van der Waals surface area (Å²) in [5.41, 5.74) is 1.57. The Labute approximate surface area is 127 Å². The normalized spacial score (nSPS) is 10.3. The van der Waals surface area contributed by atoms with Crippen LogP contribution < -0.4 is 5.32 Å². The summed E-state index contributed by atoms with van der Waals surface area (Å²) in [6, 6.07) is 9.87. The first-order valence-electron chi connectivity index (χ1n) is 5.50. The Morgan fingerprint density at radius 1 is 1.21 bits per heavy atom. The molecule has 2 aromatic carbocycles. The monoisotopic (exact) mass is 385 g/mol. The van der Waals surface area contributed by atoms with Gasteiger partial charge < -0.3 is 5.32 Å². The van der Waals surface area contributed by atoms with Crippen molar-refractivity contribution in [3.05, 3.63) is 62.3 Å². The molecule has 0 radical (unpaired) electrons. The van der Waals surface area contributed by atoms with Crippen LogP contribution in [0.15, 0.2) is 45.3 Å². The van der Waals surface area contributed by atoms with Gasteiger partial charge in [-0.1, -0.05) is 22.0 Å². The molecule has 1 N–H and O–H groups in total. The van der Waals surface area contributed by atoms with Gasteiger partial charge in [0.2, 0.25) is 0 Å². The number of halogens is 3. The molecule has 0 fully saturated rings. The zero-order chi connectivity index (χ0) is 14.0. The third-order valence-electron chi connectivity index (χ3n) is 2.51. The fourth-order valence-electron chi connectivity index (χ4n) is 1.67. The van der Waals surface area contributed by atoms with Crippen LogP contribution in [0.4, 0.5) is 10.1 Å². The molecule has 0 aliphatic rings. The second kappa shape index (κ2) is 5.84. The van der Waals surface area contributed by atoms with Crippen LogP contribution in [0.1, 0.15) is 15.9 Å². The maximum absolute atomic E-state index is 13.6. The van der Waals surface area contributed by atoms with Gasteiger partial charge in [-0.25, -0.2) is 4.39 Å². The van der Waals surface area contributed by atoms with Gasteiger partial charge in [0.05, 0.1) is 5.69 Å². The van der Waals surface area contributed by atoms with E-state index in [-0.39, 0.29) is 11.6 Å². The first-order valence-corrected chi connectivity index (χ1v) is 7.08. The molecule has 1 amide bonds. The van der Waals surface area contributed by atoms with Gasteiger partial charge in [0.15, 0.2) is 0 Å². The molecule has 0 spiro atoms. The number of rotatable bonds is 2. The molecule has 5 heteroatoms. The molecule has 2 nitrogen and oxygen atoms in total. The predicted molar refractivity (Wildman–Crippen MR) is 80.9 cm³/mol. The van der Waals surface area contributed by atoms with Crippen molar-refractivity contribution >= 4 is 43.5 Å². The number of nitrogens with one attached hydrogen (secondary N) is 1. The summed E-state index contributed by atoms with van der Waals surface area (Å²) >= 11 is 6.55. The highest BCUT2D eigenvalue weighted by atomic mass is 79.9. The highest BCUT2D eigenvalue weighted by Crippen LogP contribution is 2.26. The van der Waals surface area contributed by atoms with Gasteiger partial charge in [-0.3, -0.25) is 4.79 Å². The summed E-state index contributed by atoms with van der Waals surface area (Å²) in [5.74, 6) is -0.829. The first-order chi connectivity index (χ1) is 8.97. The maximum Gasteiger partial charge on any atom is 0.255 e. The van der Waals surface area contributed by atoms with E-state index in [4.69, 9.17) is 0 Å². The van der Waals surface area contributed by atoms with Gasteiger partial charge in [-0.15, -0.1) is 0 Å². The lowest BCUT2D eigenvalue weighted by atomic mass is 10.1. The standard InChI is InChI=1S/C14H10Br2FNO/c1-8-5-9(7-10(15)6-8)14(19)18-13-11(16)3-2-4-12(13)17/h2-7H,1H3,(H,18,19). The Kier molecular flexibility index (Phi) is 4.37. The van der Waals surface area contributed by atoms with Crippen LogP contribution in [0.3, 0.4) is 0 Å². The van der Waals surface area contributed by atoms with E-state index in [1.165, 1.54) is 6.07 Å². The Hall–Kier alpha value is -1.20. The molecule has 19 heavy (non-hydrogen) atoms. The van der Waals surface area contributed by atoms with Gasteiger partial charge in [0.25, 0.3) is 5.91 Å². The van der Waals surface area contributed by atoms with Gasteiger partial charge in [0, 0.05) is 14.5 Å². The summed E-state index contributed by atoms with van der Waals surface area (Å²) in [4.78, 5) is 12.1. The lowest BCUT2D eigenvalue weighted by Gasteiger charge is -2.09. The van der Waals surface area contributed by atoms with E-state index < -0.39 is 5.82 Å². The van der Waals surface area contributed by atoms with E-state index in [2.05, 4.69) is 37.2 Å². The van der Waals surface area contributed by atoms with Crippen molar-refractivity contribution in [3.63, 3.8) is 0 Å². The van der Waals surface area contributed by atoms with Crippen molar-refractivity contribution in [3.8, 4) is 0 Å². The molecule has 98 valence electrons. The fraction of sp³-hybridized carbons (Fsp3) is 0.0714. The smallest absolute Gasteiger partial charge is 0.255 e. The minimum Gasteiger partial charge on any atom is -0.319 e. The van der Waals surface area contributed by atoms with Gasteiger partial charge in [-0.2, -0.15) is 0 Å². The van der Waals surface area contributed by atoms with E-state index in [9.17, 15) is 9.18 Å². The molecule has 0 aliphatic carbocycles. The average Bonchev–Trinajstić information content (AvgIpc) is 2.32.